The van der Waals surface area contributed by atoms with Crippen LogP contribution in [0.5, 0.6) is 0 Å². The molecule has 1 aliphatic rings. The molecule has 3 rings (SSSR count). The molecule has 0 bridgehead atoms. The van der Waals surface area contributed by atoms with Crippen molar-refractivity contribution in [2.24, 2.45) is 0 Å². The van der Waals surface area contributed by atoms with E-state index in [0.29, 0.717) is 6.42 Å². The van der Waals surface area contributed by atoms with Crippen LogP contribution in [0.25, 0.3) is 0 Å². The van der Waals surface area contributed by atoms with E-state index in [9.17, 15) is 5.11 Å². The zero-order valence-corrected chi connectivity index (χ0v) is 10.7. The first-order chi connectivity index (χ1) is 8.70. The standard InChI is InChI=1S/C14H15ClN2O/c15-10-3-1-9(2-4-10)7-14-16-12-6-5-11(18)8-13(12)17-14/h1-4,11,18H,5-8H2,(H,16,17). The lowest BCUT2D eigenvalue weighted by Gasteiger charge is -2.14. The number of aromatic nitrogens is 2. The number of rotatable bonds is 2. The lowest BCUT2D eigenvalue weighted by atomic mass is 9.99. The molecule has 2 N–H and O–H groups in total. The van der Waals surface area contributed by atoms with Gasteiger partial charge in [-0.25, -0.2) is 4.98 Å². The maximum Gasteiger partial charge on any atom is 0.110 e. The van der Waals surface area contributed by atoms with E-state index in [1.807, 2.05) is 24.3 Å². The van der Waals surface area contributed by atoms with Crippen LogP contribution < -0.4 is 0 Å². The molecule has 94 valence electrons. The van der Waals surface area contributed by atoms with Gasteiger partial charge in [0.25, 0.3) is 0 Å². The van der Waals surface area contributed by atoms with E-state index in [4.69, 9.17) is 11.6 Å². The van der Waals surface area contributed by atoms with Gasteiger partial charge in [-0.15, -0.1) is 0 Å². The van der Waals surface area contributed by atoms with Gasteiger partial charge in [-0.3, -0.25) is 0 Å². The Bertz CT molecular complexity index is 547. The third-order valence-electron chi connectivity index (χ3n) is 3.35. The van der Waals surface area contributed by atoms with Crippen LogP contribution in [0.4, 0.5) is 0 Å². The minimum absolute atomic E-state index is 0.221. The van der Waals surface area contributed by atoms with Gasteiger partial charge in [0.05, 0.1) is 11.8 Å². The fraction of sp³-hybridized carbons (Fsp3) is 0.357. The maximum absolute atomic E-state index is 9.62. The number of H-pyrrole nitrogens is 1. The fourth-order valence-electron chi connectivity index (χ4n) is 2.40. The zero-order valence-electron chi connectivity index (χ0n) is 9.99. The lowest BCUT2D eigenvalue weighted by molar-refractivity contribution is 0.157. The molecule has 3 nitrogen and oxygen atoms in total. The largest absolute Gasteiger partial charge is 0.393 e. The average molecular weight is 263 g/mol. The Morgan fingerprint density at radius 1 is 1.33 bits per heavy atom. The first kappa shape index (κ1) is 11.8. The van der Waals surface area contributed by atoms with Crippen molar-refractivity contribution in [2.75, 3.05) is 0 Å². The number of halogens is 1. The third kappa shape index (κ3) is 2.42. The van der Waals surface area contributed by atoms with Crippen molar-refractivity contribution in [3.63, 3.8) is 0 Å². The van der Waals surface area contributed by atoms with Crippen LogP contribution in [0.2, 0.25) is 5.02 Å². The number of aromatic amines is 1. The van der Waals surface area contributed by atoms with Gasteiger partial charge in [-0.1, -0.05) is 23.7 Å². The van der Waals surface area contributed by atoms with Gasteiger partial charge in [0, 0.05) is 23.6 Å². The Morgan fingerprint density at radius 2 is 2.11 bits per heavy atom. The molecule has 1 heterocycles. The molecule has 2 aromatic rings. The van der Waals surface area contributed by atoms with Gasteiger partial charge in [-0.2, -0.15) is 0 Å². The normalized spacial score (nSPS) is 18.7. The molecular weight excluding hydrogens is 248 g/mol. The van der Waals surface area contributed by atoms with Crippen molar-refractivity contribution in [1.82, 2.24) is 9.97 Å². The third-order valence-corrected chi connectivity index (χ3v) is 3.60. The highest BCUT2D eigenvalue weighted by Gasteiger charge is 2.20. The van der Waals surface area contributed by atoms with E-state index >= 15 is 0 Å². The van der Waals surface area contributed by atoms with Crippen molar-refractivity contribution < 1.29 is 5.11 Å². The van der Waals surface area contributed by atoms with Gasteiger partial charge in [0.2, 0.25) is 0 Å². The summed E-state index contributed by atoms with van der Waals surface area (Å²) < 4.78 is 0. The minimum Gasteiger partial charge on any atom is -0.393 e. The summed E-state index contributed by atoms with van der Waals surface area (Å²) >= 11 is 5.86. The second kappa shape index (κ2) is 4.75. The quantitative estimate of drug-likeness (QED) is 0.874. The molecule has 1 aromatic heterocycles. The number of aliphatic hydroxyl groups excluding tert-OH is 1. The van der Waals surface area contributed by atoms with Crippen molar-refractivity contribution in [2.45, 2.75) is 31.8 Å². The topological polar surface area (TPSA) is 48.9 Å². The van der Waals surface area contributed by atoms with Crippen LogP contribution in [0.1, 0.15) is 29.2 Å². The van der Waals surface area contributed by atoms with Gasteiger partial charge < -0.3 is 10.1 Å². The molecule has 0 saturated carbocycles. The van der Waals surface area contributed by atoms with E-state index in [-0.39, 0.29) is 6.10 Å². The summed E-state index contributed by atoms with van der Waals surface area (Å²) in [4.78, 5) is 7.93. The Labute approximate surface area is 111 Å². The van der Waals surface area contributed by atoms with Crippen LogP contribution in [0.15, 0.2) is 24.3 Å². The van der Waals surface area contributed by atoms with E-state index in [1.165, 1.54) is 5.56 Å². The fourth-order valence-corrected chi connectivity index (χ4v) is 2.53. The summed E-state index contributed by atoms with van der Waals surface area (Å²) in [5.74, 6) is 0.969. The Hall–Kier alpha value is -1.32. The van der Waals surface area contributed by atoms with Crippen LogP contribution in [0, 0.1) is 0 Å². The Morgan fingerprint density at radius 3 is 2.89 bits per heavy atom. The minimum atomic E-state index is -0.221. The molecule has 0 fully saturated rings. The second-order valence-electron chi connectivity index (χ2n) is 4.81. The number of imidazole rings is 1. The molecule has 1 aromatic carbocycles. The SMILES string of the molecule is OC1CCc2nc(Cc3ccc(Cl)cc3)[nH]c2C1. The monoisotopic (exact) mass is 262 g/mol. The predicted octanol–water partition coefficient (Wildman–Crippen LogP) is 2.50. The molecule has 0 spiro atoms. The first-order valence-corrected chi connectivity index (χ1v) is 6.57. The average Bonchev–Trinajstić information content (AvgIpc) is 2.73. The van der Waals surface area contributed by atoms with Gasteiger partial charge >= 0.3 is 0 Å². The second-order valence-corrected chi connectivity index (χ2v) is 5.25. The number of nitrogens with one attached hydrogen (secondary N) is 1. The molecule has 0 saturated heterocycles. The van der Waals surface area contributed by atoms with Crippen LogP contribution in [-0.2, 0) is 19.3 Å². The number of nitrogens with zero attached hydrogens (tertiary/aromatic N) is 1. The summed E-state index contributed by atoms with van der Waals surface area (Å²) in [6.07, 6.45) is 2.94. The van der Waals surface area contributed by atoms with E-state index < -0.39 is 0 Å². The van der Waals surface area contributed by atoms with E-state index in [2.05, 4.69) is 9.97 Å². The summed E-state index contributed by atoms with van der Waals surface area (Å²) in [6.45, 7) is 0. The predicted molar refractivity (Wildman–Crippen MR) is 70.9 cm³/mol. The molecule has 1 atom stereocenters. The van der Waals surface area contributed by atoms with Crippen molar-refractivity contribution in [3.05, 3.63) is 52.1 Å². The smallest absolute Gasteiger partial charge is 0.110 e. The van der Waals surface area contributed by atoms with Crippen molar-refractivity contribution in [3.8, 4) is 0 Å². The highest BCUT2D eigenvalue weighted by Crippen LogP contribution is 2.20. The number of aliphatic hydroxyl groups is 1. The molecule has 18 heavy (non-hydrogen) atoms. The lowest BCUT2D eigenvalue weighted by Crippen LogP contribution is -2.18. The van der Waals surface area contributed by atoms with Crippen LogP contribution in [0.3, 0.4) is 0 Å². The molecule has 0 radical (unpaired) electrons. The Balaban J connectivity index is 1.79. The van der Waals surface area contributed by atoms with Crippen molar-refractivity contribution in [1.29, 1.82) is 0 Å². The number of aryl methyl sites for hydroxylation is 1. The molecule has 1 unspecified atom stereocenters. The summed E-state index contributed by atoms with van der Waals surface area (Å²) in [7, 11) is 0. The molecule has 1 aliphatic carbocycles. The van der Waals surface area contributed by atoms with Crippen LogP contribution >= 0.6 is 11.6 Å². The Kier molecular flexibility index (Phi) is 3.10. The highest BCUT2D eigenvalue weighted by molar-refractivity contribution is 6.30. The van der Waals surface area contributed by atoms with Crippen molar-refractivity contribution >= 4 is 11.6 Å². The maximum atomic E-state index is 9.62. The molecule has 0 amide bonds. The summed E-state index contributed by atoms with van der Waals surface area (Å²) in [5.41, 5.74) is 3.40. The number of hydrogen-bond acceptors (Lipinski definition) is 2. The van der Waals surface area contributed by atoms with E-state index in [1.54, 1.807) is 0 Å². The molecule has 0 aliphatic heterocycles. The highest BCUT2D eigenvalue weighted by atomic mass is 35.5. The summed E-state index contributed by atoms with van der Waals surface area (Å²) in [5, 5.41) is 10.4. The first-order valence-electron chi connectivity index (χ1n) is 6.20. The molecule has 4 heteroatoms. The van der Waals surface area contributed by atoms with Gasteiger partial charge in [0.1, 0.15) is 5.82 Å². The number of benzene rings is 1. The van der Waals surface area contributed by atoms with E-state index in [0.717, 1.165) is 41.5 Å². The van der Waals surface area contributed by atoms with Gasteiger partial charge in [-0.05, 0) is 30.5 Å². The number of fused-ring (bicyclic) bond motifs is 1. The molecular formula is C14H15ClN2O. The van der Waals surface area contributed by atoms with Gasteiger partial charge in [0.15, 0.2) is 0 Å². The number of hydrogen-bond donors (Lipinski definition) is 2. The zero-order chi connectivity index (χ0) is 12.5. The summed E-state index contributed by atoms with van der Waals surface area (Å²) in [6, 6.07) is 7.81. The van der Waals surface area contributed by atoms with Crippen LogP contribution in [-0.4, -0.2) is 21.2 Å².